The van der Waals surface area contributed by atoms with Crippen molar-refractivity contribution in [3.05, 3.63) is 24.0 Å². The van der Waals surface area contributed by atoms with Crippen molar-refractivity contribution in [3.63, 3.8) is 0 Å². The van der Waals surface area contributed by atoms with Gasteiger partial charge in [0.2, 0.25) is 5.91 Å². The van der Waals surface area contributed by atoms with Crippen LogP contribution in [0.15, 0.2) is 18.3 Å². The van der Waals surface area contributed by atoms with Crippen molar-refractivity contribution in [1.82, 2.24) is 9.88 Å². The number of aliphatic carboxylic acids is 1. The van der Waals surface area contributed by atoms with Crippen molar-refractivity contribution in [2.24, 2.45) is 5.73 Å². The van der Waals surface area contributed by atoms with Crippen LogP contribution in [0, 0.1) is 0 Å². The highest BCUT2D eigenvalue weighted by molar-refractivity contribution is 5.96. The van der Waals surface area contributed by atoms with Crippen LogP contribution < -0.4 is 11.1 Å². The topological polar surface area (TPSA) is 114 Å². The summed E-state index contributed by atoms with van der Waals surface area (Å²) < 4.78 is 1.85. The molecular weight excluding hydrogens is 262 g/mol. The molecule has 0 saturated heterocycles. The number of nitrogens with zero attached hydrogens (tertiary/aromatic N) is 1. The van der Waals surface area contributed by atoms with E-state index in [0.717, 1.165) is 19.3 Å². The molecule has 1 aliphatic rings. The average molecular weight is 279 g/mol. The zero-order valence-corrected chi connectivity index (χ0v) is 10.9. The lowest BCUT2D eigenvalue weighted by Crippen LogP contribution is -2.44. The first-order valence-electron chi connectivity index (χ1n) is 6.48. The molecule has 7 nitrogen and oxygen atoms in total. The second kappa shape index (κ2) is 5.77. The zero-order valence-electron chi connectivity index (χ0n) is 10.9. The van der Waals surface area contributed by atoms with E-state index in [-0.39, 0.29) is 0 Å². The van der Waals surface area contributed by atoms with Crippen molar-refractivity contribution in [2.75, 3.05) is 0 Å². The van der Waals surface area contributed by atoms with Crippen molar-refractivity contribution in [2.45, 2.75) is 37.8 Å². The van der Waals surface area contributed by atoms with E-state index >= 15 is 0 Å². The number of carbonyl (C=O) groups is 3. The van der Waals surface area contributed by atoms with Gasteiger partial charge in [-0.2, -0.15) is 0 Å². The molecule has 2 amide bonds. The molecule has 0 bridgehead atoms. The minimum atomic E-state index is -1.30. The van der Waals surface area contributed by atoms with Crippen LogP contribution in [0.1, 0.15) is 42.2 Å². The Bertz CT molecular complexity index is 533. The van der Waals surface area contributed by atoms with Gasteiger partial charge in [0.05, 0.1) is 6.42 Å². The van der Waals surface area contributed by atoms with Crippen LogP contribution in [0.2, 0.25) is 0 Å². The first-order chi connectivity index (χ1) is 9.49. The van der Waals surface area contributed by atoms with Crippen molar-refractivity contribution >= 4 is 17.8 Å². The van der Waals surface area contributed by atoms with Crippen molar-refractivity contribution in [1.29, 1.82) is 0 Å². The molecule has 1 fully saturated rings. The van der Waals surface area contributed by atoms with Crippen LogP contribution in [0.4, 0.5) is 0 Å². The van der Waals surface area contributed by atoms with Gasteiger partial charge in [-0.25, -0.2) is 4.79 Å². The highest BCUT2D eigenvalue weighted by Gasteiger charge is 2.27. The van der Waals surface area contributed by atoms with Crippen LogP contribution in [0.25, 0.3) is 0 Å². The lowest BCUT2D eigenvalue weighted by Gasteiger charge is -2.29. The van der Waals surface area contributed by atoms with Gasteiger partial charge in [-0.1, -0.05) is 0 Å². The summed E-state index contributed by atoms with van der Waals surface area (Å²) in [6.07, 6.45) is 4.54. The molecule has 1 aromatic heterocycles. The summed E-state index contributed by atoms with van der Waals surface area (Å²) in [5, 5.41) is 11.3. The van der Waals surface area contributed by atoms with Crippen LogP contribution >= 0.6 is 0 Å². The Labute approximate surface area is 115 Å². The molecule has 0 aromatic carbocycles. The maximum absolute atomic E-state index is 12.1. The highest BCUT2D eigenvalue weighted by atomic mass is 16.4. The zero-order chi connectivity index (χ0) is 14.7. The molecule has 1 heterocycles. The lowest BCUT2D eigenvalue weighted by atomic mass is 9.93. The normalized spacial score (nSPS) is 16.2. The van der Waals surface area contributed by atoms with Gasteiger partial charge in [-0.15, -0.1) is 0 Å². The number of nitrogens with two attached hydrogens (primary N) is 1. The Morgan fingerprint density at radius 3 is 2.65 bits per heavy atom. The van der Waals surface area contributed by atoms with Gasteiger partial charge in [0, 0.05) is 12.2 Å². The largest absolute Gasteiger partial charge is 0.480 e. The van der Waals surface area contributed by atoms with Crippen molar-refractivity contribution in [3.8, 4) is 0 Å². The monoisotopic (exact) mass is 279 g/mol. The average Bonchev–Trinajstić information content (AvgIpc) is 2.73. The van der Waals surface area contributed by atoms with Crippen LogP contribution in [0.5, 0.6) is 0 Å². The number of nitrogens with one attached hydrogen (secondary N) is 1. The van der Waals surface area contributed by atoms with Crippen LogP contribution in [0.3, 0.4) is 0 Å². The fraction of sp³-hybridized carbons (Fsp3) is 0.462. The molecule has 20 heavy (non-hydrogen) atoms. The van der Waals surface area contributed by atoms with Gasteiger partial charge >= 0.3 is 5.97 Å². The molecular formula is C13H17N3O4. The van der Waals surface area contributed by atoms with E-state index in [1.54, 1.807) is 12.1 Å². The third-order valence-corrected chi connectivity index (χ3v) is 3.49. The summed E-state index contributed by atoms with van der Waals surface area (Å²) in [4.78, 5) is 33.9. The molecule has 1 atom stereocenters. The molecule has 1 aromatic rings. The minimum absolute atomic E-state index is 0.296. The van der Waals surface area contributed by atoms with E-state index in [9.17, 15) is 14.4 Å². The first kappa shape index (κ1) is 14.1. The third kappa shape index (κ3) is 2.98. The number of carboxylic acid groups (broad SMARTS) is 1. The van der Waals surface area contributed by atoms with Crippen LogP contribution in [-0.2, 0) is 9.59 Å². The SMILES string of the molecule is NC(=O)C[C@@H](NC(=O)c1cccn1C1CCC1)C(=O)O. The summed E-state index contributed by atoms with van der Waals surface area (Å²) in [5.74, 6) is -2.55. The Morgan fingerprint density at radius 1 is 1.45 bits per heavy atom. The Hall–Kier alpha value is -2.31. The predicted molar refractivity (Wildman–Crippen MR) is 70.0 cm³/mol. The number of hydrogen-bond acceptors (Lipinski definition) is 3. The molecule has 108 valence electrons. The molecule has 1 aliphatic carbocycles. The number of amides is 2. The Morgan fingerprint density at radius 2 is 2.15 bits per heavy atom. The fourth-order valence-electron chi connectivity index (χ4n) is 2.20. The maximum atomic E-state index is 12.1. The van der Waals surface area contributed by atoms with Gasteiger partial charge < -0.3 is 20.7 Å². The number of carboxylic acids is 1. The molecule has 1 saturated carbocycles. The highest BCUT2D eigenvalue weighted by Crippen LogP contribution is 2.32. The van der Waals surface area contributed by atoms with Gasteiger partial charge in [0.15, 0.2) is 0 Å². The maximum Gasteiger partial charge on any atom is 0.326 e. The molecule has 2 rings (SSSR count). The number of hydrogen-bond donors (Lipinski definition) is 3. The summed E-state index contributed by atoms with van der Waals surface area (Å²) >= 11 is 0. The van der Waals surface area contributed by atoms with E-state index in [1.807, 2.05) is 10.8 Å². The van der Waals surface area contributed by atoms with Gasteiger partial charge in [-0.05, 0) is 31.4 Å². The molecule has 0 spiro atoms. The third-order valence-electron chi connectivity index (χ3n) is 3.49. The van der Waals surface area contributed by atoms with Gasteiger partial charge in [-0.3, -0.25) is 9.59 Å². The second-order valence-electron chi connectivity index (χ2n) is 4.92. The first-order valence-corrected chi connectivity index (χ1v) is 6.48. The smallest absolute Gasteiger partial charge is 0.326 e. The van der Waals surface area contributed by atoms with E-state index in [0.29, 0.717) is 11.7 Å². The number of rotatable bonds is 6. The molecule has 4 N–H and O–H groups in total. The summed E-state index contributed by atoms with van der Waals surface area (Å²) in [6, 6.07) is 2.38. The Kier molecular flexibility index (Phi) is 4.07. The molecule has 0 aliphatic heterocycles. The minimum Gasteiger partial charge on any atom is -0.480 e. The van der Waals surface area contributed by atoms with Crippen LogP contribution in [-0.4, -0.2) is 33.5 Å². The summed E-state index contributed by atoms with van der Waals surface area (Å²) in [6.45, 7) is 0. The Balaban J connectivity index is 2.08. The van der Waals surface area contributed by atoms with E-state index in [2.05, 4.69) is 5.32 Å². The fourth-order valence-corrected chi connectivity index (χ4v) is 2.20. The van der Waals surface area contributed by atoms with E-state index in [4.69, 9.17) is 10.8 Å². The number of carbonyl (C=O) groups excluding carboxylic acids is 2. The second-order valence-corrected chi connectivity index (χ2v) is 4.92. The van der Waals surface area contributed by atoms with Gasteiger partial charge in [0.1, 0.15) is 11.7 Å². The summed E-state index contributed by atoms with van der Waals surface area (Å²) in [5.41, 5.74) is 5.38. The van der Waals surface area contributed by atoms with E-state index < -0.39 is 30.2 Å². The molecule has 7 heteroatoms. The lowest BCUT2D eigenvalue weighted by molar-refractivity contribution is -0.140. The standard InChI is InChI=1S/C13H17N3O4/c14-11(17)7-9(13(19)20)15-12(18)10-5-2-6-16(10)8-3-1-4-8/h2,5-6,8-9H,1,3-4,7H2,(H2,14,17)(H,15,18)(H,19,20)/t9-/m1/s1. The van der Waals surface area contributed by atoms with Crippen molar-refractivity contribution < 1.29 is 19.5 Å². The summed E-state index contributed by atoms with van der Waals surface area (Å²) in [7, 11) is 0. The number of primary amides is 1. The molecule has 0 radical (unpaired) electrons. The quantitative estimate of drug-likeness (QED) is 0.693. The van der Waals surface area contributed by atoms with E-state index in [1.165, 1.54) is 0 Å². The predicted octanol–water partition coefficient (Wildman–Crippen LogP) is 0.271. The van der Waals surface area contributed by atoms with Gasteiger partial charge in [0.25, 0.3) is 5.91 Å². The molecule has 0 unspecified atom stereocenters. The number of aromatic nitrogens is 1.